The van der Waals surface area contributed by atoms with E-state index in [4.69, 9.17) is 4.52 Å². The number of benzene rings is 2. The van der Waals surface area contributed by atoms with Crippen molar-refractivity contribution in [1.82, 2.24) is 14.4 Å². The lowest BCUT2D eigenvalue weighted by Crippen LogP contribution is -2.31. The van der Waals surface area contributed by atoms with Crippen LogP contribution in [-0.4, -0.2) is 48.4 Å². The molecule has 1 aromatic heterocycles. The monoisotopic (exact) mass is 486 g/mol. The largest absolute Gasteiger partial charge is 0.340 e. The summed E-state index contributed by atoms with van der Waals surface area (Å²) in [6.07, 6.45) is 0.611. The summed E-state index contributed by atoms with van der Waals surface area (Å²) in [5, 5.41) is 3.91. The highest BCUT2D eigenvalue weighted by molar-refractivity contribution is 7.98. The number of carbonyl (C=O) groups excluding carboxylic acids is 1. The van der Waals surface area contributed by atoms with Crippen LogP contribution in [0.4, 0.5) is 5.69 Å². The molecule has 0 atom stereocenters. The summed E-state index contributed by atoms with van der Waals surface area (Å²) in [7, 11) is -3.54. The molecular weight excluding hydrogens is 460 g/mol. The third-order valence-corrected chi connectivity index (χ3v) is 8.69. The molecule has 0 bridgehead atoms. The SMILES string of the molecule is CCN(CC)S(=O)(=O)c1ccc2c(c1)CCN2C(=O)c1ccccc1SCc1noc(C)n1. The third-order valence-electron chi connectivity index (χ3n) is 5.58. The number of sulfonamides is 1. The van der Waals surface area contributed by atoms with Crippen molar-refractivity contribution in [3.05, 3.63) is 65.3 Å². The molecule has 0 fully saturated rings. The van der Waals surface area contributed by atoms with E-state index in [0.717, 1.165) is 16.1 Å². The molecule has 1 amide bonds. The first-order valence-corrected chi connectivity index (χ1v) is 13.2. The average Bonchev–Trinajstić information content (AvgIpc) is 3.43. The summed E-state index contributed by atoms with van der Waals surface area (Å²) >= 11 is 1.48. The Balaban J connectivity index is 1.57. The predicted molar refractivity (Wildman–Crippen MR) is 127 cm³/mol. The number of aromatic nitrogens is 2. The summed E-state index contributed by atoms with van der Waals surface area (Å²) < 4.78 is 32.2. The molecule has 174 valence electrons. The zero-order chi connectivity index (χ0) is 23.6. The van der Waals surface area contributed by atoms with Crippen LogP contribution in [0.15, 0.2) is 56.8 Å². The number of rotatable bonds is 8. The van der Waals surface area contributed by atoms with Gasteiger partial charge in [-0.1, -0.05) is 31.1 Å². The predicted octanol–water partition coefficient (Wildman–Crippen LogP) is 3.90. The van der Waals surface area contributed by atoms with E-state index in [1.54, 1.807) is 30.0 Å². The molecule has 0 radical (unpaired) electrons. The lowest BCUT2D eigenvalue weighted by molar-refractivity contribution is 0.0986. The normalized spacial score (nSPS) is 13.5. The molecule has 0 unspecified atom stereocenters. The Morgan fingerprint density at radius 2 is 1.94 bits per heavy atom. The van der Waals surface area contributed by atoms with Gasteiger partial charge in [0, 0.05) is 37.1 Å². The zero-order valence-electron chi connectivity index (χ0n) is 18.8. The molecule has 8 nitrogen and oxygen atoms in total. The Morgan fingerprint density at radius 3 is 2.64 bits per heavy atom. The van der Waals surface area contributed by atoms with Crippen LogP contribution >= 0.6 is 11.8 Å². The number of hydrogen-bond donors (Lipinski definition) is 0. The summed E-state index contributed by atoms with van der Waals surface area (Å²) in [5.74, 6) is 1.46. The van der Waals surface area contributed by atoms with Crippen LogP contribution < -0.4 is 4.90 Å². The maximum absolute atomic E-state index is 13.5. The molecule has 4 rings (SSSR count). The molecule has 2 aromatic carbocycles. The van der Waals surface area contributed by atoms with E-state index in [2.05, 4.69) is 10.1 Å². The van der Waals surface area contributed by atoms with Gasteiger partial charge in [-0.3, -0.25) is 4.79 Å². The van der Waals surface area contributed by atoms with Crippen LogP contribution in [0.2, 0.25) is 0 Å². The van der Waals surface area contributed by atoms with E-state index in [1.165, 1.54) is 16.1 Å². The number of aryl methyl sites for hydroxylation is 1. The van der Waals surface area contributed by atoms with Crippen molar-refractivity contribution in [1.29, 1.82) is 0 Å². The first-order valence-electron chi connectivity index (χ1n) is 10.8. The van der Waals surface area contributed by atoms with Gasteiger partial charge in [-0.2, -0.15) is 9.29 Å². The second-order valence-corrected chi connectivity index (χ2v) is 10.6. The first kappa shape index (κ1) is 23.5. The molecule has 2 heterocycles. The van der Waals surface area contributed by atoms with E-state index >= 15 is 0 Å². The minimum atomic E-state index is -3.54. The van der Waals surface area contributed by atoms with E-state index in [1.807, 2.05) is 38.1 Å². The molecule has 3 aromatic rings. The highest BCUT2D eigenvalue weighted by Gasteiger charge is 2.30. The number of nitrogens with zero attached hydrogens (tertiary/aromatic N) is 4. The van der Waals surface area contributed by atoms with Crippen LogP contribution in [0.5, 0.6) is 0 Å². The Bertz CT molecular complexity index is 1270. The Kier molecular flexibility index (Phi) is 6.87. The smallest absolute Gasteiger partial charge is 0.259 e. The summed E-state index contributed by atoms with van der Waals surface area (Å²) in [4.78, 5) is 20.5. The molecule has 0 saturated heterocycles. The number of anilines is 1. The highest BCUT2D eigenvalue weighted by atomic mass is 32.2. The summed E-state index contributed by atoms with van der Waals surface area (Å²) in [6, 6.07) is 12.5. The molecule has 1 aliphatic rings. The molecular formula is C23H26N4O4S2. The second-order valence-electron chi connectivity index (χ2n) is 7.60. The van der Waals surface area contributed by atoms with Gasteiger partial charge >= 0.3 is 0 Å². The van der Waals surface area contributed by atoms with Crippen LogP contribution in [0.3, 0.4) is 0 Å². The van der Waals surface area contributed by atoms with Gasteiger partial charge in [0.15, 0.2) is 5.82 Å². The van der Waals surface area contributed by atoms with E-state index in [0.29, 0.717) is 49.1 Å². The topological polar surface area (TPSA) is 96.6 Å². The molecule has 0 N–H and O–H groups in total. The van der Waals surface area contributed by atoms with Gasteiger partial charge in [-0.25, -0.2) is 8.42 Å². The molecule has 1 aliphatic heterocycles. The number of hydrogen-bond acceptors (Lipinski definition) is 7. The van der Waals surface area contributed by atoms with E-state index < -0.39 is 10.0 Å². The van der Waals surface area contributed by atoms with Gasteiger partial charge in [0.25, 0.3) is 5.91 Å². The van der Waals surface area contributed by atoms with Gasteiger partial charge in [0.05, 0.1) is 16.2 Å². The van der Waals surface area contributed by atoms with Crippen molar-refractivity contribution in [3.63, 3.8) is 0 Å². The fourth-order valence-electron chi connectivity index (χ4n) is 3.92. The summed E-state index contributed by atoms with van der Waals surface area (Å²) in [5.41, 5.74) is 2.21. The maximum Gasteiger partial charge on any atom is 0.259 e. The maximum atomic E-state index is 13.5. The van der Waals surface area contributed by atoms with E-state index in [9.17, 15) is 13.2 Å². The van der Waals surface area contributed by atoms with Crippen molar-refractivity contribution in [2.24, 2.45) is 0 Å². The minimum absolute atomic E-state index is 0.111. The Morgan fingerprint density at radius 1 is 1.18 bits per heavy atom. The van der Waals surface area contributed by atoms with E-state index in [-0.39, 0.29) is 10.8 Å². The van der Waals surface area contributed by atoms with Crippen LogP contribution in [-0.2, 0) is 22.2 Å². The van der Waals surface area contributed by atoms with Gasteiger partial charge < -0.3 is 9.42 Å². The molecule has 0 spiro atoms. The van der Waals surface area contributed by atoms with Crippen molar-refractivity contribution < 1.29 is 17.7 Å². The first-order chi connectivity index (χ1) is 15.8. The second kappa shape index (κ2) is 9.66. The van der Waals surface area contributed by atoms with Crippen LogP contribution in [0.1, 0.15) is 41.5 Å². The third kappa shape index (κ3) is 4.68. The quantitative estimate of drug-likeness (QED) is 0.446. The molecule has 33 heavy (non-hydrogen) atoms. The van der Waals surface area contributed by atoms with Crippen molar-refractivity contribution >= 4 is 33.4 Å². The fraction of sp³-hybridized carbons (Fsp3) is 0.348. The van der Waals surface area contributed by atoms with Crippen molar-refractivity contribution in [3.8, 4) is 0 Å². The lowest BCUT2D eigenvalue weighted by Gasteiger charge is -2.21. The Hall–Kier alpha value is -2.69. The number of fused-ring (bicyclic) bond motifs is 1. The summed E-state index contributed by atoms with van der Waals surface area (Å²) in [6.45, 7) is 6.72. The zero-order valence-corrected chi connectivity index (χ0v) is 20.4. The van der Waals surface area contributed by atoms with Gasteiger partial charge in [0.2, 0.25) is 15.9 Å². The van der Waals surface area contributed by atoms with Gasteiger partial charge in [0.1, 0.15) is 0 Å². The van der Waals surface area contributed by atoms with Gasteiger partial charge in [-0.05, 0) is 42.3 Å². The number of thioether (sulfide) groups is 1. The molecule has 10 heteroatoms. The average molecular weight is 487 g/mol. The standard InChI is InChI=1S/C23H26N4O4S2/c1-4-26(5-2)33(29,30)18-10-11-20-17(14-18)12-13-27(20)23(28)19-8-6-7-9-21(19)32-15-22-24-16(3)31-25-22/h6-11,14H,4-5,12-13,15H2,1-3H3. The van der Waals surface area contributed by atoms with Gasteiger partial charge in [-0.15, -0.1) is 11.8 Å². The number of carbonyl (C=O) groups is 1. The minimum Gasteiger partial charge on any atom is -0.340 e. The highest BCUT2D eigenvalue weighted by Crippen LogP contribution is 2.34. The fourth-order valence-corrected chi connectivity index (χ4v) is 6.32. The molecule has 0 aliphatic carbocycles. The van der Waals surface area contributed by atoms with Crippen molar-refractivity contribution in [2.45, 2.75) is 42.7 Å². The Labute approximate surface area is 198 Å². The number of amides is 1. The van der Waals surface area contributed by atoms with Crippen LogP contribution in [0, 0.1) is 6.92 Å². The van der Waals surface area contributed by atoms with Crippen LogP contribution in [0.25, 0.3) is 0 Å². The molecule has 0 saturated carbocycles. The van der Waals surface area contributed by atoms with Crippen molar-refractivity contribution in [2.75, 3.05) is 24.5 Å². The lowest BCUT2D eigenvalue weighted by atomic mass is 10.1.